The molecular formula is C47H76NO10P. The fraction of sp³-hybridized carbons (Fsp3) is 0.617. The van der Waals surface area contributed by atoms with E-state index in [-0.39, 0.29) is 32.6 Å². The van der Waals surface area contributed by atoms with Crippen molar-refractivity contribution in [3.8, 4) is 0 Å². The minimum atomic E-state index is -4.42. The van der Waals surface area contributed by atoms with Gasteiger partial charge in [-0.1, -0.05) is 125 Å². The first-order chi connectivity index (χ1) is 28.5. The van der Waals surface area contributed by atoms with Crippen LogP contribution in [-0.2, 0) is 45.5 Å². The number of rotatable bonds is 36. The number of hydrogen-bond donors (Lipinski definition) is 3. The molecule has 1 rings (SSSR count). The number of phosphoric ester groups is 1. The molecule has 11 nitrogen and oxygen atoms in total. The molecule has 0 aliphatic carbocycles. The van der Waals surface area contributed by atoms with E-state index >= 15 is 0 Å². The second-order valence-electron chi connectivity index (χ2n) is 14.6. The summed E-state index contributed by atoms with van der Waals surface area (Å²) in [5, 5.41) is 9.84. The van der Waals surface area contributed by atoms with Gasteiger partial charge >= 0.3 is 19.8 Å². The third-order valence-corrected chi connectivity index (χ3v) is 10.4. The fourth-order valence-corrected chi connectivity index (χ4v) is 6.67. The van der Waals surface area contributed by atoms with E-state index in [2.05, 4.69) is 45.9 Å². The van der Waals surface area contributed by atoms with Crippen LogP contribution in [0.15, 0.2) is 77.3 Å². The van der Waals surface area contributed by atoms with Crippen LogP contribution >= 0.6 is 7.82 Å². The number of aliphatic hydroxyl groups excluding tert-OH is 1. The Morgan fingerprint density at radius 1 is 0.729 bits per heavy atom. The Morgan fingerprint density at radius 2 is 1.34 bits per heavy atom. The minimum absolute atomic E-state index is 0.0256. The van der Waals surface area contributed by atoms with Crippen LogP contribution in [0.2, 0.25) is 0 Å². The number of carbonyl (C=O) groups excluding carboxylic acids is 2. The first-order valence-corrected chi connectivity index (χ1v) is 23.4. The maximum Gasteiger partial charge on any atom is 0.472 e. The molecule has 1 aromatic heterocycles. The molecule has 0 spiro atoms. The molecule has 0 fully saturated rings. The van der Waals surface area contributed by atoms with Gasteiger partial charge in [-0.2, -0.15) is 0 Å². The summed E-state index contributed by atoms with van der Waals surface area (Å²) in [7, 11) is -4.42. The largest absolute Gasteiger partial charge is 0.472 e. The Bertz CT molecular complexity index is 1490. The van der Waals surface area contributed by atoms with Gasteiger partial charge < -0.3 is 29.6 Å². The van der Waals surface area contributed by atoms with E-state index in [4.69, 9.17) is 28.7 Å². The molecule has 3 atom stereocenters. The molecule has 0 amide bonds. The van der Waals surface area contributed by atoms with Crippen LogP contribution in [-0.4, -0.2) is 60.5 Å². The van der Waals surface area contributed by atoms with Crippen molar-refractivity contribution in [1.29, 1.82) is 0 Å². The molecule has 0 aliphatic heterocycles. The average molecular weight is 846 g/mol. The number of phosphoric acid groups is 1. The van der Waals surface area contributed by atoms with Crippen molar-refractivity contribution in [3.05, 3.63) is 95.6 Å². The number of carbonyl (C=O) groups is 2. The monoisotopic (exact) mass is 846 g/mol. The van der Waals surface area contributed by atoms with Crippen molar-refractivity contribution in [1.82, 2.24) is 0 Å². The summed E-state index contributed by atoms with van der Waals surface area (Å²) in [4.78, 5) is 34.9. The van der Waals surface area contributed by atoms with Gasteiger partial charge in [0.15, 0.2) is 6.10 Å². The number of aryl methyl sites for hydroxylation is 2. The molecule has 0 aliphatic rings. The van der Waals surface area contributed by atoms with Gasteiger partial charge in [0.25, 0.3) is 0 Å². The van der Waals surface area contributed by atoms with Gasteiger partial charge in [0, 0.05) is 32.2 Å². The SMILES string of the molecule is CC/C=C\CC(O)/C=C/C=C/C/C=C\C/C=C\C/C=C\CCC(=O)O[C@H](COC(=O)CCCCCCCCCCc1oc(CCC)c(C)c1C)COP(=O)(O)OCCN. The van der Waals surface area contributed by atoms with E-state index in [1.165, 1.54) is 24.0 Å². The van der Waals surface area contributed by atoms with Crippen LogP contribution in [0.4, 0.5) is 0 Å². The Hall–Kier alpha value is -3.31. The van der Waals surface area contributed by atoms with Gasteiger partial charge in [-0.05, 0) is 82.8 Å². The number of esters is 2. The molecular weight excluding hydrogens is 769 g/mol. The normalized spacial score (nSPS) is 14.5. The zero-order chi connectivity index (χ0) is 43.4. The van der Waals surface area contributed by atoms with Gasteiger partial charge in [0.2, 0.25) is 0 Å². The van der Waals surface area contributed by atoms with Crippen molar-refractivity contribution >= 4 is 19.8 Å². The van der Waals surface area contributed by atoms with Gasteiger partial charge in [0.1, 0.15) is 18.1 Å². The lowest BCUT2D eigenvalue weighted by atomic mass is 10.0. The van der Waals surface area contributed by atoms with Crippen LogP contribution in [0.5, 0.6) is 0 Å². The summed E-state index contributed by atoms with van der Waals surface area (Å²) >= 11 is 0. The van der Waals surface area contributed by atoms with E-state index in [9.17, 15) is 24.2 Å². The second kappa shape index (κ2) is 35.4. The van der Waals surface area contributed by atoms with Crippen LogP contribution in [0.25, 0.3) is 0 Å². The van der Waals surface area contributed by atoms with Gasteiger partial charge in [-0.25, -0.2) is 4.57 Å². The number of unbranched alkanes of at least 4 members (excludes halogenated alkanes) is 7. The first-order valence-electron chi connectivity index (χ1n) is 21.9. The molecule has 0 radical (unpaired) electrons. The molecule has 334 valence electrons. The standard InChI is InChI=1S/C47H76NO10P/c1-5-7-25-31-42(49)32-26-21-17-13-11-9-8-10-12-14-20-24-29-35-47(51)57-43(39-56-59(52,53)55-37-36-48)38-54-46(50)34-28-23-19-16-15-18-22-27-33-45-41(4)40(3)44(58-45)30-6-2/h7,9-12,17,20-21,24-26,32,42-43,49H,5-6,8,13-16,18-19,22-23,27-31,33-39,48H2,1-4H3,(H,52,53)/b11-9-,12-10-,21-17+,24-20-,25-7-,32-26+/t42?,43-/m1/s1. The lowest BCUT2D eigenvalue weighted by Gasteiger charge is -2.19. The van der Waals surface area contributed by atoms with Crippen LogP contribution in [0, 0.1) is 13.8 Å². The van der Waals surface area contributed by atoms with Crippen LogP contribution in [0.3, 0.4) is 0 Å². The highest BCUT2D eigenvalue weighted by Crippen LogP contribution is 2.43. The van der Waals surface area contributed by atoms with Gasteiger partial charge in [-0.3, -0.25) is 18.6 Å². The summed E-state index contributed by atoms with van der Waals surface area (Å²) in [6.07, 6.45) is 38.4. The Labute approximate surface area is 355 Å². The van der Waals surface area contributed by atoms with E-state index in [0.29, 0.717) is 19.3 Å². The predicted octanol–water partition coefficient (Wildman–Crippen LogP) is 10.9. The third-order valence-electron chi connectivity index (χ3n) is 9.37. The molecule has 0 saturated heterocycles. The summed E-state index contributed by atoms with van der Waals surface area (Å²) in [5.41, 5.74) is 7.95. The predicted molar refractivity (Wildman–Crippen MR) is 238 cm³/mol. The van der Waals surface area contributed by atoms with Crippen molar-refractivity contribution in [3.63, 3.8) is 0 Å². The van der Waals surface area contributed by atoms with Gasteiger partial charge in [0.05, 0.1) is 19.3 Å². The van der Waals surface area contributed by atoms with Crippen LogP contribution in [0.1, 0.15) is 146 Å². The quantitative estimate of drug-likeness (QED) is 0.0193. The van der Waals surface area contributed by atoms with Crippen molar-refractivity contribution < 1.29 is 47.1 Å². The van der Waals surface area contributed by atoms with Gasteiger partial charge in [-0.15, -0.1) is 0 Å². The molecule has 4 N–H and O–H groups in total. The maximum atomic E-state index is 12.6. The summed E-state index contributed by atoms with van der Waals surface area (Å²) < 4.78 is 38.8. The lowest BCUT2D eigenvalue weighted by molar-refractivity contribution is -0.161. The molecule has 1 aromatic rings. The molecule has 12 heteroatoms. The fourth-order valence-electron chi connectivity index (χ4n) is 5.91. The number of aliphatic hydroxyl groups is 1. The van der Waals surface area contributed by atoms with Crippen molar-refractivity contribution in [2.24, 2.45) is 5.73 Å². The minimum Gasteiger partial charge on any atom is -0.466 e. The molecule has 2 unspecified atom stereocenters. The van der Waals surface area contributed by atoms with E-state index in [1.54, 1.807) is 6.08 Å². The Kier molecular flexibility index (Phi) is 32.3. The topological polar surface area (TPSA) is 168 Å². The first kappa shape index (κ1) is 53.7. The molecule has 0 saturated carbocycles. The molecule has 1 heterocycles. The van der Waals surface area contributed by atoms with Crippen molar-refractivity contribution in [2.45, 2.75) is 162 Å². The average Bonchev–Trinajstić information content (AvgIpc) is 3.48. The number of nitrogens with two attached hydrogens (primary N) is 1. The third kappa shape index (κ3) is 29.5. The van der Waals surface area contributed by atoms with E-state index in [1.807, 2.05) is 48.6 Å². The number of hydrogen-bond acceptors (Lipinski definition) is 10. The summed E-state index contributed by atoms with van der Waals surface area (Å²) in [6.45, 7) is 7.61. The Balaban J connectivity index is 2.31. The lowest BCUT2D eigenvalue weighted by Crippen LogP contribution is -2.29. The Morgan fingerprint density at radius 3 is 1.98 bits per heavy atom. The highest BCUT2D eigenvalue weighted by molar-refractivity contribution is 7.47. The highest BCUT2D eigenvalue weighted by atomic mass is 31.2. The molecule has 0 bridgehead atoms. The van der Waals surface area contributed by atoms with Crippen LogP contribution < -0.4 is 5.73 Å². The summed E-state index contributed by atoms with van der Waals surface area (Å²) in [5.74, 6) is 1.30. The zero-order valence-electron chi connectivity index (χ0n) is 36.5. The van der Waals surface area contributed by atoms with E-state index < -0.39 is 38.6 Å². The zero-order valence-corrected chi connectivity index (χ0v) is 37.4. The van der Waals surface area contributed by atoms with E-state index in [0.717, 1.165) is 88.6 Å². The number of furan rings is 1. The molecule has 59 heavy (non-hydrogen) atoms. The number of allylic oxidation sites excluding steroid dienone is 10. The number of ether oxygens (including phenoxy) is 2. The second-order valence-corrected chi connectivity index (χ2v) is 16.1. The smallest absolute Gasteiger partial charge is 0.466 e. The highest BCUT2D eigenvalue weighted by Gasteiger charge is 2.26. The van der Waals surface area contributed by atoms with Crippen molar-refractivity contribution in [2.75, 3.05) is 26.4 Å². The maximum absolute atomic E-state index is 12.6. The molecule has 0 aromatic carbocycles. The summed E-state index contributed by atoms with van der Waals surface area (Å²) in [6, 6.07) is 0.